The van der Waals surface area contributed by atoms with Gasteiger partial charge in [-0.25, -0.2) is 0 Å². The van der Waals surface area contributed by atoms with Crippen LogP contribution in [0.5, 0.6) is 0 Å². The summed E-state index contributed by atoms with van der Waals surface area (Å²) in [5.74, 6) is -0.353. The van der Waals surface area contributed by atoms with Gasteiger partial charge in [-0.2, -0.15) is 0 Å². The number of rotatable bonds is 0. The van der Waals surface area contributed by atoms with Gasteiger partial charge in [0.1, 0.15) is 5.41 Å². The van der Waals surface area contributed by atoms with Crippen molar-refractivity contribution in [2.24, 2.45) is 17.3 Å². The molecule has 2 aliphatic carbocycles. The zero-order valence-corrected chi connectivity index (χ0v) is 7.37. The minimum atomic E-state index is -0.550. The maximum atomic E-state index is 11.5. The Balaban J connectivity index is 2.17. The molecule has 0 amide bonds. The summed E-state index contributed by atoms with van der Waals surface area (Å²) in [5.41, 5.74) is 0.703. The van der Waals surface area contributed by atoms with Crippen LogP contribution in [0.3, 0.4) is 0 Å². The van der Waals surface area contributed by atoms with Crippen molar-refractivity contribution in [3.63, 3.8) is 0 Å². The van der Waals surface area contributed by atoms with Gasteiger partial charge in [0.15, 0.2) is 0 Å². The van der Waals surface area contributed by atoms with Crippen LogP contribution in [-0.2, 0) is 14.3 Å². The Morgan fingerprint density at radius 1 is 1.54 bits per heavy atom. The number of ether oxygens (including phenoxy) is 1. The number of hydrogen-bond donors (Lipinski definition) is 0. The third kappa shape index (κ3) is 0.631. The average molecular weight is 178 g/mol. The molecule has 1 saturated heterocycles. The summed E-state index contributed by atoms with van der Waals surface area (Å²) in [6.45, 7) is 2.03. The van der Waals surface area contributed by atoms with E-state index in [2.05, 4.69) is 4.74 Å². The van der Waals surface area contributed by atoms with Crippen molar-refractivity contribution in [1.29, 1.82) is 0 Å². The molecule has 2 bridgehead atoms. The van der Waals surface area contributed by atoms with E-state index in [4.69, 9.17) is 0 Å². The van der Waals surface area contributed by atoms with Crippen LogP contribution in [0.25, 0.3) is 0 Å². The van der Waals surface area contributed by atoms with Gasteiger partial charge in [-0.05, 0) is 25.7 Å². The number of cyclic esters (lactones) is 2. The van der Waals surface area contributed by atoms with Gasteiger partial charge in [-0.3, -0.25) is 9.59 Å². The van der Waals surface area contributed by atoms with E-state index in [1.54, 1.807) is 0 Å². The molecule has 1 saturated carbocycles. The maximum Gasteiger partial charge on any atom is 0.324 e. The van der Waals surface area contributed by atoms with Crippen molar-refractivity contribution in [2.45, 2.75) is 19.8 Å². The van der Waals surface area contributed by atoms with Crippen LogP contribution in [0.4, 0.5) is 0 Å². The van der Waals surface area contributed by atoms with Crippen LogP contribution < -0.4 is 0 Å². The number of hydrogen-bond acceptors (Lipinski definition) is 3. The lowest BCUT2D eigenvalue weighted by Gasteiger charge is -2.17. The highest BCUT2D eigenvalue weighted by Gasteiger charge is 2.64. The Labute approximate surface area is 75.8 Å². The first kappa shape index (κ1) is 7.30. The van der Waals surface area contributed by atoms with Crippen LogP contribution in [-0.4, -0.2) is 11.9 Å². The third-order valence-corrected chi connectivity index (χ3v) is 3.71. The average Bonchev–Trinajstić information content (AvgIpc) is 2.63. The molecule has 68 valence electrons. The topological polar surface area (TPSA) is 43.4 Å². The van der Waals surface area contributed by atoms with Crippen LogP contribution in [0.2, 0.25) is 0 Å². The van der Waals surface area contributed by atoms with Crippen LogP contribution in [0.15, 0.2) is 11.6 Å². The van der Waals surface area contributed by atoms with E-state index in [0.29, 0.717) is 5.92 Å². The molecule has 1 aliphatic heterocycles. The molecule has 3 rings (SSSR count). The molecule has 1 spiro atoms. The van der Waals surface area contributed by atoms with Crippen molar-refractivity contribution in [3.05, 3.63) is 11.6 Å². The Hall–Kier alpha value is -1.12. The predicted molar refractivity (Wildman–Crippen MR) is 43.5 cm³/mol. The van der Waals surface area contributed by atoms with Crippen molar-refractivity contribution < 1.29 is 14.3 Å². The molecular formula is C10H10O3. The molecule has 0 N–H and O–H groups in total. The molecule has 3 heteroatoms. The first-order valence-electron chi connectivity index (χ1n) is 4.59. The van der Waals surface area contributed by atoms with Crippen molar-refractivity contribution in [1.82, 2.24) is 0 Å². The van der Waals surface area contributed by atoms with Crippen molar-refractivity contribution >= 4 is 11.9 Å². The van der Waals surface area contributed by atoms with Gasteiger partial charge < -0.3 is 4.74 Å². The van der Waals surface area contributed by atoms with Gasteiger partial charge in [-0.1, -0.05) is 11.6 Å². The van der Waals surface area contributed by atoms with E-state index < -0.39 is 5.41 Å². The first-order chi connectivity index (χ1) is 6.13. The van der Waals surface area contributed by atoms with E-state index in [1.807, 2.05) is 13.0 Å². The zero-order chi connectivity index (χ0) is 9.22. The largest absolute Gasteiger partial charge is 0.392 e. The monoisotopic (exact) mass is 178 g/mol. The standard InChI is InChI=1S/C10H10O3/c1-5-3-10-4-6(5)2-7(10)8(11)13-9(10)12/h3,6-7H,2,4H2,1H3. The predicted octanol–water partition coefficient (Wildman–Crippen LogP) is 1.04. The minimum Gasteiger partial charge on any atom is -0.392 e. The first-order valence-corrected chi connectivity index (χ1v) is 4.59. The number of carbonyl (C=O) groups is 2. The summed E-state index contributed by atoms with van der Waals surface area (Å²) in [4.78, 5) is 22.8. The van der Waals surface area contributed by atoms with Gasteiger partial charge in [0.2, 0.25) is 0 Å². The van der Waals surface area contributed by atoms with E-state index >= 15 is 0 Å². The van der Waals surface area contributed by atoms with Crippen molar-refractivity contribution in [2.75, 3.05) is 0 Å². The van der Waals surface area contributed by atoms with Gasteiger partial charge in [0.05, 0.1) is 5.92 Å². The molecular weight excluding hydrogens is 168 g/mol. The van der Waals surface area contributed by atoms with Gasteiger partial charge >= 0.3 is 11.9 Å². The molecule has 3 atom stereocenters. The number of allylic oxidation sites excluding steroid dienone is 1. The second kappa shape index (κ2) is 1.86. The minimum absolute atomic E-state index is 0.173. The summed E-state index contributed by atoms with van der Waals surface area (Å²) in [6, 6.07) is 0. The molecule has 13 heavy (non-hydrogen) atoms. The Morgan fingerprint density at radius 3 is 3.00 bits per heavy atom. The normalized spacial score (nSPS) is 46.4. The second-order valence-electron chi connectivity index (χ2n) is 4.33. The summed E-state index contributed by atoms with van der Waals surface area (Å²) in [7, 11) is 0. The summed E-state index contributed by atoms with van der Waals surface area (Å²) < 4.78 is 4.68. The van der Waals surface area contributed by atoms with E-state index in [0.717, 1.165) is 12.8 Å². The number of fused-ring (bicyclic) bond motifs is 1. The molecule has 0 aromatic heterocycles. The quantitative estimate of drug-likeness (QED) is 0.316. The highest BCUT2D eigenvalue weighted by Crippen LogP contribution is 2.59. The molecule has 2 fully saturated rings. The smallest absolute Gasteiger partial charge is 0.324 e. The lowest BCUT2D eigenvalue weighted by molar-refractivity contribution is -0.155. The fraction of sp³-hybridized carbons (Fsp3) is 0.600. The van der Waals surface area contributed by atoms with Crippen LogP contribution >= 0.6 is 0 Å². The highest BCUT2D eigenvalue weighted by atomic mass is 16.6. The van der Waals surface area contributed by atoms with Crippen LogP contribution in [0, 0.1) is 17.3 Å². The van der Waals surface area contributed by atoms with Gasteiger partial charge in [0, 0.05) is 0 Å². The molecule has 0 radical (unpaired) electrons. The third-order valence-electron chi connectivity index (χ3n) is 3.71. The molecule has 0 aromatic carbocycles. The fourth-order valence-corrected chi connectivity index (χ4v) is 3.01. The summed E-state index contributed by atoms with van der Waals surface area (Å²) in [6.07, 6.45) is 3.57. The molecule has 0 aromatic rings. The fourth-order valence-electron chi connectivity index (χ4n) is 3.01. The Bertz CT molecular complexity index is 355. The Kier molecular flexibility index (Phi) is 1.05. The van der Waals surface area contributed by atoms with Gasteiger partial charge in [-0.15, -0.1) is 0 Å². The summed E-state index contributed by atoms with van der Waals surface area (Å²) in [5, 5.41) is 0. The van der Waals surface area contributed by atoms with Crippen molar-refractivity contribution in [3.8, 4) is 0 Å². The van der Waals surface area contributed by atoms with Crippen LogP contribution in [0.1, 0.15) is 19.8 Å². The van der Waals surface area contributed by atoms with E-state index in [-0.39, 0.29) is 17.9 Å². The molecule has 1 heterocycles. The SMILES string of the molecule is CC1=CC23CC1CC2C(=O)OC3=O. The van der Waals surface area contributed by atoms with E-state index in [1.165, 1.54) is 5.57 Å². The summed E-state index contributed by atoms with van der Waals surface area (Å²) >= 11 is 0. The highest BCUT2D eigenvalue weighted by molar-refractivity contribution is 6.01. The lowest BCUT2D eigenvalue weighted by atomic mass is 9.79. The van der Waals surface area contributed by atoms with E-state index in [9.17, 15) is 9.59 Å². The van der Waals surface area contributed by atoms with Gasteiger partial charge in [0.25, 0.3) is 0 Å². The molecule has 3 nitrogen and oxygen atoms in total. The molecule has 3 aliphatic rings. The molecule has 3 unspecified atom stereocenters. The lowest BCUT2D eigenvalue weighted by Crippen LogP contribution is -2.26. The maximum absolute atomic E-state index is 11.5. The number of esters is 2. The second-order valence-corrected chi connectivity index (χ2v) is 4.33. The zero-order valence-electron chi connectivity index (χ0n) is 7.37. The number of carbonyl (C=O) groups excluding carboxylic acids is 2. The Morgan fingerprint density at radius 2 is 2.31 bits per heavy atom.